The van der Waals surface area contributed by atoms with E-state index in [0.717, 1.165) is 0 Å². The molecule has 0 aromatic heterocycles. The molecule has 0 spiro atoms. The van der Waals surface area contributed by atoms with Crippen LogP contribution in [0.5, 0.6) is 0 Å². The summed E-state index contributed by atoms with van der Waals surface area (Å²) in [6.07, 6.45) is 0. The summed E-state index contributed by atoms with van der Waals surface area (Å²) in [5, 5.41) is 0. The zero-order valence-electron chi connectivity index (χ0n) is 6.13. The van der Waals surface area contributed by atoms with Crippen molar-refractivity contribution in [2.45, 2.75) is 0 Å². The van der Waals surface area contributed by atoms with Crippen molar-refractivity contribution >= 4 is 25.9 Å². The second-order valence-electron chi connectivity index (χ2n) is 1.42. The average molecular weight is 236 g/mol. The maximum absolute atomic E-state index is 10.00. The van der Waals surface area contributed by atoms with Crippen LogP contribution in [0.25, 0.3) is 0 Å². The number of rotatable bonds is 2. The van der Waals surface area contributed by atoms with Crippen molar-refractivity contribution in [1.29, 1.82) is 0 Å². The van der Waals surface area contributed by atoms with Gasteiger partial charge in [-0.25, -0.2) is 6.49 Å². The molecule has 0 aliphatic carbocycles. The molecule has 0 amide bonds. The Kier molecular flexibility index (Phi) is 12.4. The predicted molar refractivity (Wildman–Crippen MR) is 31.2 cm³/mol. The van der Waals surface area contributed by atoms with Gasteiger partial charge in [0, 0.05) is 0 Å². The van der Waals surface area contributed by atoms with E-state index in [1.54, 1.807) is 0 Å². The van der Waals surface area contributed by atoms with E-state index in [9.17, 15) is 14.4 Å². The Morgan fingerprint density at radius 2 is 1.55 bits per heavy atom. The fourth-order valence-electron chi connectivity index (χ4n) is 0.226. The van der Waals surface area contributed by atoms with E-state index in [-0.39, 0.29) is 59.1 Å². The molecule has 0 rings (SSSR count). The Hall–Kier alpha value is 2.72. The second kappa shape index (κ2) is 7.07. The third-order valence-corrected chi connectivity index (χ3v) is 4.26. The van der Waals surface area contributed by atoms with Crippen molar-refractivity contribution in [3.8, 4) is 0 Å². The first-order valence-corrected chi connectivity index (χ1v) is 6.38. The van der Waals surface area contributed by atoms with Crippen LogP contribution < -0.4 is 68.9 Å². The molecular formula is CH4Na2O5P2S. The van der Waals surface area contributed by atoms with Crippen molar-refractivity contribution in [3.63, 3.8) is 0 Å². The Morgan fingerprint density at radius 1 is 1.27 bits per heavy atom. The molecule has 0 radical (unpaired) electrons. The maximum atomic E-state index is 10.00. The fourth-order valence-corrected chi connectivity index (χ4v) is 3.38. The van der Waals surface area contributed by atoms with Gasteiger partial charge in [-0.05, 0) is 0 Å². The van der Waals surface area contributed by atoms with Crippen LogP contribution in [-0.2, 0) is 16.4 Å². The minimum Gasteiger partial charge on any atom is -0.832 e. The first-order valence-electron chi connectivity index (χ1n) is 1.76. The minimum absolute atomic E-state index is 0. The SMILES string of the molecule is O=P(O)(O)CP([O-])([O-])=S.[Na+].[Na+]. The van der Waals surface area contributed by atoms with Crippen LogP contribution >= 0.6 is 14.1 Å². The van der Waals surface area contributed by atoms with Gasteiger partial charge in [0.05, 0.1) is 5.90 Å². The number of hydrogen-bond donors (Lipinski definition) is 2. The van der Waals surface area contributed by atoms with Crippen LogP contribution in [0.15, 0.2) is 0 Å². The number of hydrogen-bond acceptors (Lipinski definition) is 4. The normalized spacial score (nSPS) is 11.3. The molecule has 0 aromatic rings. The molecule has 0 aromatic carbocycles. The Labute approximate surface area is 113 Å². The summed E-state index contributed by atoms with van der Waals surface area (Å²) in [5.41, 5.74) is 0. The van der Waals surface area contributed by atoms with Crippen molar-refractivity contribution in [2.75, 3.05) is 5.90 Å². The molecule has 0 aliphatic rings. The molecule has 10 heteroatoms. The largest absolute Gasteiger partial charge is 1.00 e. The zero-order valence-corrected chi connectivity index (χ0v) is 12.7. The van der Waals surface area contributed by atoms with Gasteiger partial charge in [0.2, 0.25) is 0 Å². The van der Waals surface area contributed by atoms with Crippen LogP contribution in [0.2, 0.25) is 0 Å². The van der Waals surface area contributed by atoms with Gasteiger partial charge in [0.25, 0.3) is 0 Å². The average Bonchev–Trinajstić information content (AvgIpc) is 1.14. The van der Waals surface area contributed by atoms with E-state index in [4.69, 9.17) is 9.79 Å². The Balaban J connectivity index is -0.000000320. The quantitative estimate of drug-likeness (QED) is 0.364. The summed E-state index contributed by atoms with van der Waals surface area (Å²) >= 11 is 3.74. The summed E-state index contributed by atoms with van der Waals surface area (Å²) in [5.74, 6) is -1.23. The molecule has 0 heterocycles. The van der Waals surface area contributed by atoms with Gasteiger partial charge < -0.3 is 19.6 Å². The van der Waals surface area contributed by atoms with Gasteiger partial charge in [-0.15, -0.1) is 11.8 Å². The molecule has 0 saturated heterocycles. The van der Waals surface area contributed by atoms with Crippen molar-refractivity contribution in [1.82, 2.24) is 0 Å². The van der Waals surface area contributed by atoms with Crippen LogP contribution in [-0.4, -0.2) is 15.7 Å². The second-order valence-corrected chi connectivity index (χ2v) is 6.77. The molecule has 0 unspecified atom stereocenters. The van der Waals surface area contributed by atoms with E-state index in [0.29, 0.717) is 0 Å². The molecule has 0 saturated carbocycles. The molecule has 0 atom stereocenters. The summed E-state index contributed by atoms with van der Waals surface area (Å²) in [6, 6.07) is 0. The van der Waals surface area contributed by atoms with Gasteiger partial charge in [0.15, 0.2) is 0 Å². The van der Waals surface area contributed by atoms with Gasteiger partial charge in [0.1, 0.15) is 0 Å². The Morgan fingerprint density at radius 3 is 1.55 bits per heavy atom. The predicted octanol–water partition coefficient (Wildman–Crippen LogP) is -7.84. The summed E-state index contributed by atoms with van der Waals surface area (Å²) in [6.45, 7) is -4.22. The van der Waals surface area contributed by atoms with E-state index in [1.807, 2.05) is 0 Å². The molecule has 0 fully saturated rings. The molecule has 0 bridgehead atoms. The van der Waals surface area contributed by atoms with E-state index in [1.165, 1.54) is 0 Å². The van der Waals surface area contributed by atoms with Crippen LogP contribution in [0.4, 0.5) is 0 Å². The first-order chi connectivity index (χ1) is 3.71. The van der Waals surface area contributed by atoms with Gasteiger partial charge in [-0.3, -0.25) is 4.57 Å². The molecule has 0 aliphatic heterocycles. The van der Waals surface area contributed by atoms with E-state index < -0.39 is 20.0 Å². The van der Waals surface area contributed by atoms with Gasteiger partial charge >= 0.3 is 66.7 Å². The topological polar surface area (TPSA) is 104 Å². The summed E-state index contributed by atoms with van der Waals surface area (Å²) < 4.78 is 9.90. The molecule has 56 valence electrons. The van der Waals surface area contributed by atoms with Gasteiger partial charge in [-0.2, -0.15) is 0 Å². The van der Waals surface area contributed by atoms with Gasteiger partial charge in [-0.1, -0.05) is 0 Å². The molecular weight excluding hydrogens is 232 g/mol. The third kappa shape index (κ3) is 19.2. The van der Waals surface area contributed by atoms with Crippen LogP contribution in [0.3, 0.4) is 0 Å². The van der Waals surface area contributed by atoms with Crippen molar-refractivity contribution in [2.24, 2.45) is 0 Å². The zero-order chi connectivity index (χ0) is 7.71. The monoisotopic (exact) mass is 236 g/mol. The molecule has 2 N–H and O–H groups in total. The Bertz CT molecular complexity index is 163. The molecule has 5 nitrogen and oxygen atoms in total. The third-order valence-electron chi connectivity index (χ3n) is 0.357. The van der Waals surface area contributed by atoms with Crippen molar-refractivity contribution in [3.05, 3.63) is 0 Å². The summed E-state index contributed by atoms with van der Waals surface area (Å²) in [7, 11) is -4.47. The summed E-state index contributed by atoms with van der Waals surface area (Å²) in [4.78, 5) is 36.0. The van der Waals surface area contributed by atoms with Crippen LogP contribution in [0, 0.1) is 0 Å². The van der Waals surface area contributed by atoms with E-state index in [2.05, 4.69) is 11.8 Å². The first kappa shape index (κ1) is 19.3. The maximum Gasteiger partial charge on any atom is 1.00 e. The standard InChI is InChI=1S/CH6O5P2S.2Na/c2-7(3,4)1-8(5,6)9;;/h1H2,(H2,2,3,4)(H2,5,6,9);;/q;2*+1/p-2. The van der Waals surface area contributed by atoms with Crippen molar-refractivity contribution < 1.29 is 83.3 Å². The minimum atomic E-state index is -4.47. The van der Waals surface area contributed by atoms with Crippen LogP contribution in [0.1, 0.15) is 0 Å². The van der Waals surface area contributed by atoms with E-state index >= 15 is 0 Å². The smallest absolute Gasteiger partial charge is 0.832 e. The fraction of sp³-hybridized carbons (Fsp3) is 1.00. The molecule has 11 heavy (non-hydrogen) atoms.